The van der Waals surface area contributed by atoms with E-state index in [4.69, 9.17) is 0 Å². The Labute approximate surface area is 126 Å². The van der Waals surface area contributed by atoms with Gasteiger partial charge in [-0.2, -0.15) is 5.10 Å². The molecule has 0 saturated carbocycles. The molecule has 0 aliphatic rings. The molecule has 0 unspecified atom stereocenters. The monoisotopic (exact) mass is 285 g/mol. The van der Waals surface area contributed by atoms with Gasteiger partial charge in [0.2, 0.25) is 0 Å². The molecular formula is C17H23N3O. The Bertz CT molecular complexity index is 655. The van der Waals surface area contributed by atoms with Crippen molar-refractivity contribution in [3.63, 3.8) is 0 Å². The predicted octanol–water partition coefficient (Wildman–Crippen LogP) is 3.88. The van der Waals surface area contributed by atoms with E-state index in [1.165, 1.54) is 0 Å². The third kappa shape index (κ3) is 3.32. The number of nitrogens with zero attached hydrogens (tertiary/aromatic N) is 1. The summed E-state index contributed by atoms with van der Waals surface area (Å²) in [5, 5.41) is 10.0. The highest BCUT2D eigenvalue weighted by Crippen LogP contribution is 2.23. The van der Waals surface area contributed by atoms with Gasteiger partial charge in [-0.05, 0) is 31.9 Å². The molecular weight excluding hydrogens is 262 g/mol. The Balaban J connectivity index is 2.25. The fourth-order valence-corrected chi connectivity index (χ4v) is 2.49. The molecule has 0 fully saturated rings. The summed E-state index contributed by atoms with van der Waals surface area (Å²) in [5.74, 6) is 0.446. The zero-order valence-electron chi connectivity index (χ0n) is 13.6. The average molecular weight is 285 g/mol. The molecule has 1 amide bonds. The van der Waals surface area contributed by atoms with Gasteiger partial charge >= 0.3 is 0 Å². The quantitative estimate of drug-likeness (QED) is 0.879. The highest BCUT2D eigenvalue weighted by molar-refractivity contribution is 6.05. The molecule has 1 aromatic heterocycles. The summed E-state index contributed by atoms with van der Waals surface area (Å²) in [6, 6.07) is 5.93. The second-order valence-electron chi connectivity index (χ2n) is 6.64. The molecule has 0 aliphatic heterocycles. The molecule has 4 heteroatoms. The zero-order chi connectivity index (χ0) is 15.8. The second-order valence-corrected chi connectivity index (χ2v) is 6.64. The van der Waals surface area contributed by atoms with Crippen LogP contribution in [-0.2, 0) is 5.41 Å². The lowest BCUT2D eigenvalue weighted by molar-refractivity contribution is 0.102. The number of aromatic amines is 1. The Morgan fingerprint density at radius 1 is 1.10 bits per heavy atom. The van der Waals surface area contributed by atoms with Crippen molar-refractivity contribution in [2.45, 2.75) is 47.0 Å². The average Bonchev–Trinajstić information content (AvgIpc) is 2.75. The van der Waals surface area contributed by atoms with Gasteiger partial charge in [0.15, 0.2) is 5.82 Å². The van der Waals surface area contributed by atoms with Crippen LogP contribution >= 0.6 is 0 Å². The number of nitrogens with one attached hydrogen (secondary N) is 2. The molecule has 1 aromatic carbocycles. The highest BCUT2D eigenvalue weighted by Gasteiger charge is 2.19. The van der Waals surface area contributed by atoms with E-state index in [2.05, 4.69) is 36.3 Å². The molecule has 0 radical (unpaired) electrons. The summed E-state index contributed by atoms with van der Waals surface area (Å²) in [7, 11) is 0. The zero-order valence-corrected chi connectivity index (χ0v) is 13.6. The normalized spacial score (nSPS) is 11.5. The molecule has 0 bridgehead atoms. The van der Waals surface area contributed by atoms with Crippen molar-refractivity contribution in [3.8, 4) is 0 Å². The number of aromatic nitrogens is 2. The minimum Gasteiger partial charge on any atom is -0.305 e. The number of hydrogen-bond donors (Lipinski definition) is 2. The molecule has 2 aromatic rings. The molecule has 112 valence electrons. The number of amides is 1. The molecule has 0 aliphatic carbocycles. The van der Waals surface area contributed by atoms with Gasteiger partial charge in [-0.25, -0.2) is 0 Å². The van der Waals surface area contributed by atoms with E-state index in [9.17, 15) is 4.79 Å². The van der Waals surface area contributed by atoms with Gasteiger partial charge in [-0.3, -0.25) is 9.89 Å². The fourth-order valence-electron chi connectivity index (χ4n) is 2.49. The third-order valence-corrected chi connectivity index (χ3v) is 3.53. The van der Waals surface area contributed by atoms with Crippen molar-refractivity contribution >= 4 is 11.7 Å². The summed E-state index contributed by atoms with van der Waals surface area (Å²) >= 11 is 0. The van der Waals surface area contributed by atoms with Crippen molar-refractivity contribution in [2.75, 3.05) is 5.32 Å². The molecule has 2 N–H and O–H groups in total. The van der Waals surface area contributed by atoms with Crippen LogP contribution < -0.4 is 5.32 Å². The highest BCUT2D eigenvalue weighted by atomic mass is 16.1. The van der Waals surface area contributed by atoms with Crippen LogP contribution in [0.25, 0.3) is 0 Å². The first-order chi connectivity index (χ1) is 9.68. The first-order valence-electron chi connectivity index (χ1n) is 7.13. The van der Waals surface area contributed by atoms with Gasteiger partial charge in [-0.1, -0.05) is 38.5 Å². The van der Waals surface area contributed by atoms with E-state index in [0.29, 0.717) is 5.82 Å². The van der Waals surface area contributed by atoms with Crippen LogP contribution in [0.3, 0.4) is 0 Å². The van der Waals surface area contributed by atoms with Crippen LogP contribution in [0.5, 0.6) is 0 Å². The number of rotatable bonds is 2. The third-order valence-electron chi connectivity index (χ3n) is 3.53. The predicted molar refractivity (Wildman–Crippen MR) is 85.9 cm³/mol. The number of hydrogen-bond acceptors (Lipinski definition) is 2. The number of benzene rings is 1. The van der Waals surface area contributed by atoms with Crippen molar-refractivity contribution in [1.29, 1.82) is 0 Å². The SMILES string of the molecule is Cc1cc(C)c(C(=O)Nc2cc(C(C)(C)C)[nH]n2)c(C)c1. The van der Waals surface area contributed by atoms with E-state index in [0.717, 1.165) is 27.9 Å². The lowest BCUT2D eigenvalue weighted by Crippen LogP contribution is -2.15. The molecule has 21 heavy (non-hydrogen) atoms. The van der Waals surface area contributed by atoms with Crippen molar-refractivity contribution < 1.29 is 4.79 Å². The minimum atomic E-state index is -0.114. The Morgan fingerprint density at radius 3 is 2.14 bits per heavy atom. The number of H-pyrrole nitrogens is 1. The van der Waals surface area contributed by atoms with Crippen LogP contribution in [-0.4, -0.2) is 16.1 Å². The number of anilines is 1. The summed E-state index contributed by atoms with van der Waals surface area (Å²) in [6.07, 6.45) is 0. The molecule has 0 spiro atoms. The minimum absolute atomic E-state index is 0.0222. The molecule has 0 saturated heterocycles. The van der Waals surface area contributed by atoms with Gasteiger partial charge < -0.3 is 5.32 Å². The first-order valence-corrected chi connectivity index (χ1v) is 7.13. The second kappa shape index (κ2) is 5.35. The van der Waals surface area contributed by atoms with Crippen LogP contribution in [0, 0.1) is 20.8 Å². The smallest absolute Gasteiger partial charge is 0.257 e. The Hall–Kier alpha value is -2.10. The standard InChI is InChI=1S/C17H23N3O/c1-10-7-11(2)15(12(3)8-10)16(21)18-14-9-13(19-20-14)17(4,5)6/h7-9H,1-6H3,(H2,18,19,20,21). The van der Waals surface area contributed by atoms with Crippen LogP contribution in [0.4, 0.5) is 5.82 Å². The summed E-state index contributed by atoms with van der Waals surface area (Å²) in [4.78, 5) is 12.5. The summed E-state index contributed by atoms with van der Waals surface area (Å²) in [5.41, 5.74) is 4.83. The van der Waals surface area contributed by atoms with Crippen LogP contribution in [0.2, 0.25) is 0 Å². The molecule has 0 atom stereocenters. The van der Waals surface area contributed by atoms with E-state index in [1.54, 1.807) is 0 Å². The van der Waals surface area contributed by atoms with Gasteiger partial charge in [0, 0.05) is 22.7 Å². The first kappa shape index (κ1) is 15.3. The van der Waals surface area contributed by atoms with Gasteiger partial charge in [-0.15, -0.1) is 0 Å². The topological polar surface area (TPSA) is 57.8 Å². The number of carbonyl (C=O) groups is 1. The van der Waals surface area contributed by atoms with Crippen LogP contribution in [0.1, 0.15) is 53.5 Å². The summed E-state index contributed by atoms with van der Waals surface area (Å²) in [6.45, 7) is 12.2. The largest absolute Gasteiger partial charge is 0.305 e. The molecule has 2 rings (SSSR count). The van der Waals surface area contributed by atoms with Gasteiger partial charge in [0.1, 0.15) is 0 Å². The van der Waals surface area contributed by atoms with E-state index in [-0.39, 0.29) is 11.3 Å². The fraction of sp³-hybridized carbons (Fsp3) is 0.412. The van der Waals surface area contributed by atoms with Crippen molar-refractivity contribution in [1.82, 2.24) is 10.2 Å². The van der Waals surface area contributed by atoms with E-state index >= 15 is 0 Å². The molecule has 1 heterocycles. The lowest BCUT2D eigenvalue weighted by atomic mass is 9.92. The Morgan fingerprint density at radius 2 is 1.67 bits per heavy atom. The maximum absolute atomic E-state index is 12.5. The maximum Gasteiger partial charge on any atom is 0.257 e. The number of carbonyl (C=O) groups excluding carboxylic acids is 1. The molecule has 4 nitrogen and oxygen atoms in total. The van der Waals surface area contributed by atoms with Gasteiger partial charge in [0.25, 0.3) is 5.91 Å². The van der Waals surface area contributed by atoms with E-state index in [1.807, 2.05) is 39.0 Å². The summed E-state index contributed by atoms with van der Waals surface area (Å²) < 4.78 is 0. The van der Waals surface area contributed by atoms with Crippen LogP contribution in [0.15, 0.2) is 18.2 Å². The van der Waals surface area contributed by atoms with E-state index < -0.39 is 0 Å². The van der Waals surface area contributed by atoms with Crippen molar-refractivity contribution in [3.05, 3.63) is 46.1 Å². The maximum atomic E-state index is 12.5. The van der Waals surface area contributed by atoms with Gasteiger partial charge in [0.05, 0.1) is 0 Å². The number of aryl methyl sites for hydroxylation is 3. The Kier molecular flexibility index (Phi) is 3.90. The lowest BCUT2D eigenvalue weighted by Gasteiger charge is -2.14. The van der Waals surface area contributed by atoms with Crippen molar-refractivity contribution in [2.24, 2.45) is 0 Å².